The van der Waals surface area contributed by atoms with Gasteiger partial charge in [-0.05, 0) is 123 Å². The van der Waals surface area contributed by atoms with Crippen LogP contribution >= 0.6 is 0 Å². The fraction of sp³-hybridized carbons (Fsp3) is 0.441. The number of hydrogen-bond acceptors (Lipinski definition) is 5. The zero-order chi connectivity index (χ0) is 28.9. The molecule has 3 aliphatic carbocycles. The summed E-state index contributed by atoms with van der Waals surface area (Å²) < 4.78 is 44.7. The Bertz CT molecular complexity index is 1490. The summed E-state index contributed by atoms with van der Waals surface area (Å²) in [6.45, 7) is 6.82. The Hall–Kier alpha value is -3.19. The molecule has 0 spiro atoms. The van der Waals surface area contributed by atoms with Crippen LogP contribution in [0.1, 0.15) is 72.4 Å². The van der Waals surface area contributed by atoms with E-state index in [0.29, 0.717) is 30.9 Å². The van der Waals surface area contributed by atoms with Crippen LogP contribution < -0.4 is 9.47 Å². The van der Waals surface area contributed by atoms with E-state index in [9.17, 15) is 9.00 Å². The molecule has 3 aliphatic rings. The fourth-order valence-electron chi connectivity index (χ4n) is 6.36. The topological polar surface area (TPSA) is 61.8 Å². The minimum atomic E-state index is -0.898. The molecule has 0 saturated heterocycles. The highest BCUT2D eigenvalue weighted by Crippen LogP contribution is 2.49. The largest absolute Gasteiger partial charge is 0.492 e. The lowest BCUT2D eigenvalue weighted by molar-refractivity contribution is -0.144. The number of rotatable bonds is 10. The molecule has 0 radical (unpaired) electrons. The standard InChI is InChI=1S/C34H37FO5S/c1-5-38-33(36)28-18-27(28)22-6-8-23(9-7-22)40-30-13-11-26-25(10-12-29(35)32(26)30)31-20(2)16-24(17-21(31)3)39-19-34(14-15-34)41(4)37/h6-10,12,16-17,27-28,30H,5,11,13-15,18-19H2,1-4H3/t27?,28-,30?,41?/m0/s1. The monoisotopic (exact) mass is 576 g/mol. The predicted octanol–water partition coefficient (Wildman–Crippen LogP) is 7.13. The van der Waals surface area contributed by atoms with Gasteiger partial charge >= 0.3 is 5.97 Å². The number of benzene rings is 3. The molecule has 0 heterocycles. The Morgan fingerprint density at radius 3 is 2.39 bits per heavy atom. The van der Waals surface area contributed by atoms with E-state index in [4.69, 9.17) is 14.2 Å². The first-order valence-electron chi connectivity index (χ1n) is 14.5. The second kappa shape index (κ2) is 10.9. The Morgan fingerprint density at radius 1 is 1.05 bits per heavy atom. The van der Waals surface area contributed by atoms with Crippen LogP contribution in [0.3, 0.4) is 0 Å². The molecule has 6 rings (SSSR count). The molecule has 4 atom stereocenters. The van der Waals surface area contributed by atoms with Crippen molar-refractivity contribution < 1.29 is 27.6 Å². The van der Waals surface area contributed by atoms with E-state index in [2.05, 4.69) is 13.8 Å². The SMILES string of the molecule is CCOC(=O)[C@H]1CC1c1ccc(OC2CCc3c(-c4c(C)cc(OCC5(S(C)=O)CC5)cc4C)ccc(F)c32)cc1. The van der Waals surface area contributed by atoms with E-state index in [1.165, 1.54) is 0 Å². The van der Waals surface area contributed by atoms with Crippen molar-refractivity contribution in [2.24, 2.45) is 5.92 Å². The minimum Gasteiger partial charge on any atom is -0.492 e. The van der Waals surface area contributed by atoms with Crippen molar-refractivity contribution in [2.45, 2.75) is 69.6 Å². The summed E-state index contributed by atoms with van der Waals surface area (Å²) in [6.07, 6.45) is 5.53. The fourth-order valence-corrected chi connectivity index (χ4v) is 7.26. The highest BCUT2D eigenvalue weighted by molar-refractivity contribution is 7.86. The lowest BCUT2D eigenvalue weighted by Gasteiger charge is -2.20. The molecule has 0 amide bonds. The van der Waals surface area contributed by atoms with Crippen molar-refractivity contribution in [3.05, 3.63) is 82.2 Å². The minimum absolute atomic E-state index is 0.0554. The van der Waals surface area contributed by atoms with Crippen LogP contribution in [0.25, 0.3) is 11.1 Å². The molecule has 2 saturated carbocycles. The van der Waals surface area contributed by atoms with Crippen molar-refractivity contribution in [1.29, 1.82) is 0 Å². The molecule has 216 valence electrons. The number of fused-ring (bicyclic) bond motifs is 1. The summed E-state index contributed by atoms with van der Waals surface area (Å²) in [6, 6.07) is 15.3. The van der Waals surface area contributed by atoms with Crippen molar-refractivity contribution in [2.75, 3.05) is 19.5 Å². The zero-order valence-electron chi connectivity index (χ0n) is 24.1. The molecule has 0 N–H and O–H groups in total. The molecule has 0 aromatic heterocycles. The maximum Gasteiger partial charge on any atom is 0.309 e. The molecule has 2 fully saturated rings. The van der Waals surface area contributed by atoms with Crippen molar-refractivity contribution in [3.8, 4) is 22.6 Å². The molecule has 3 unspecified atom stereocenters. The van der Waals surface area contributed by atoms with Crippen molar-refractivity contribution in [1.82, 2.24) is 0 Å². The van der Waals surface area contributed by atoms with Crippen LogP contribution in [0.5, 0.6) is 11.5 Å². The Morgan fingerprint density at radius 2 is 1.76 bits per heavy atom. The van der Waals surface area contributed by atoms with Gasteiger partial charge in [0.1, 0.15) is 30.0 Å². The van der Waals surface area contributed by atoms with E-state index < -0.39 is 10.8 Å². The van der Waals surface area contributed by atoms with Crippen LogP contribution in [0.4, 0.5) is 4.39 Å². The summed E-state index contributed by atoms with van der Waals surface area (Å²) in [5.74, 6) is 1.25. The van der Waals surface area contributed by atoms with Gasteiger partial charge in [0.05, 0.1) is 17.3 Å². The lowest BCUT2D eigenvalue weighted by atomic mass is 9.90. The zero-order valence-corrected chi connectivity index (χ0v) is 24.9. The third kappa shape index (κ3) is 5.41. The molecule has 0 bridgehead atoms. The molecular weight excluding hydrogens is 539 g/mol. The van der Waals surface area contributed by atoms with Gasteiger partial charge in [-0.1, -0.05) is 18.2 Å². The summed E-state index contributed by atoms with van der Waals surface area (Å²) in [7, 11) is -0.898. The van der Waals surface area contributed by atoms with E-state index in [1.54, 1.807) is 12.3 Å². The second-order valence-corrected chi connectivity index (χ2v) is 13.5. The maximum absolute atomic E-state index is 15.3. The summed E-state index contributed by atoms with van der Waals surface area (Å²) in [4.78, 5) is 12.0. The van der Waals surface area contributed by atoms with E-state index in [0.717, 1.165) is 64.8 Å². The van der Waals surface area contributed by atoms with E-state index in [-0.39, 0.29) is 34.5 Å². The first-order chi connectivity index (χ1) is 19.7. The summed E-state index contributed by atoms with van der Waals surface area (Å²) in [5.41, 5.74) is 7.01. The smallest absolute Gasteiger partial charge is 0.309 e. The van der Waals surface area contributed by atoms with Crippen LogP contribution in [0.15, 0.2) is 48.5 Å². The molecule has 3 aromatic carbocycles. The highest BCUT2D eigenvalue weighted by Gasteiger charge is 2.48. The number of carbonyl (C=O) groups excluding carboxylic acids is 1. The van der Waals surface area contributed by atoms with Crippen LogP contribution in [0.2, 0.25) is 0 Å². The molecular formula is C34H37FO5S. The quantitative estimate of drug-likeness (QED) is 0.240. The van der Waals surface area contributed by atoms with Gasteiger partial charge in [-0.3, -0.25) is 9.00 Å². The maximum atomic E-state index is 15.3. The molecule has 7 heteroatoms. The number of esters is 1. The average Bonchev–Trinajstić information content (AvgIpc) is 3.86. The van der Waals surface area contributed by atoms with Crippen molar-refractivity contribution in [3.63, 3.8) is 0 Å². The first-order valence-corrected chi connectivity index (χ1v) is 16.1. The number of ether oxygens (including phenoxy) is 3. The van der Waals surface area contributed by atoms with Crippen LogP contribution in [-0.2, 0) is 26.8 Å². The third-order valence-corrected chi connectivity index (χ3v) is 10.7. The second-order valence-electron chi connectivity index (χ2n) is 11.8. The van der Waals surface area contributed by atoms with Gasteiger partial charge in [0.15, 0.2) is 0 Å². The Labute approximate surface area is 243 Å². The molecule has 5 nitrogen and oxygen atoms in total. The van der Waals surface area contributed by atoms with Gasteiger partial charge in [-0.15, -0.1) is 0 Å². The number of aryl methyl sites for hydroxylation is 2. The third-order valence-electron chi connectivity index (χ3n) is 8.94. The van der Waals surface area contributed by atoms with Crippen LogP contribution in [0, 0.1) is 25.6 Å². The lowest BCUT2D eigenvalue weighted by Crippen LogP contribution is -2.24. The van der Waals surface area contributed by atoms with Gasteiger partial charge in [0.2, 0.25) is 0 Å². The van der Waals surface area contributed by atoms with Crippen molar-refractivity contribution >= 4 is 16.8 Å². The molecule has 41 heavy (non-hydrogen) atoms. The van der Waals surface area contributed by atoms with Crippen LogP contribution in [-0.4, -0.2) is 34.4 Å². The van der Waals surface area contributed by atoms with Gasteiger partial charge in [-0.2, -0.15) is 0 Å². The summed E-state index contributed by atoms with van der Waals surface area (Å²) >= 11 is 0. The van der Waals surface area contributed by atoms with Gasteiger partial charge in [-0.25, -0.2) is 4.39 Å². The van der Waals surface area contributed by atoms with Gasteiger partial charge in [0.25, 0.3) is 0 Å². The number of hydrogen-bond donors (Lipinski definition) is 0. The Balaban J connectivity index is 1.19. The molecule has 3 aromatic rings. The normalized spacial score (nSPS) is 22.5. The predicted molar refractivity (Wildman–Crippen MR) is 158 cm³/mol. The van der Waals surface area contributed by atoms with E-state index in [1.807, 2.05) is 49.4 Å². The number of halogens is 1. The Kier molecular flexibility index (Phi) is 7.43. The highest BCUT2D eigenvalue weighted by atomic mass is 32.2. The average molecular weight is 577 g/mol. The molecule has 0 aliphatic heterocycles. The van der Waals surface area contributed by atoms with E-state index >= 15 is 4.39 Å². The number of carbonyl (C=O) groups is 1. The first kappa shape index (κ1) is 28.0. The van der Waals surface area contributed by atoms with Gasteiger partial charge < -0.3 is 14.2 Å². The summed E-state index contributed by atoms with van der Waals surface area (Å²) in [5, 5.41) is 0. The van der Waals surface area contributed by atoms with Gasteiger partial charge in [0, 0.05) is 22.6 Å².